The third-order valence-electron chi connectivity index (χ3n) is 16.3. The third-order valence-corrected chi connectivity index (χ3v) is 16.3. The summed E-state index contributed by atoms with van der Waals surface area (Å²) in [5.74, 6) is 0. The zero-order chi connectivity index (χ0) is 51.4. The summed E-state index contributed by atoms with van der Waals surface area (Å²) in [5, 5.41) is 23.7. The van der Waals surface area contributed by atoms with Crippen LogP contribution < -0.4 is 0 Å². The largest absolute Gasteiger partial charge is 0.456 e. The maximum absolute atomic E-state index is 13.0. The normalized spacial score (nSPS) is 12.1. The third kappa shape index (κ3) is 5.92. The second kappa shape index (κ2) is 15.9. The van der Waals surface area contributed by atoms with Crippen LogP contribution >= 0.6 is 0 Å². The first-order chi connectivity index (χ1) is 37.8. The van der Waals surface area contributed by atoms with Crippen molar-refractivity contribution in [2.75, 3.05) is 0 Å². The van der Waals surface area contributed by atoms with E-state index < -0.39 is 0 Å². The Bertz CT molecular complexity index is 5030. The van der Waals surface area contributed by atoms with E-state index in [2.05, 4.69) is 240 Å². The van der Waals surface area contributed by atoms with Crippen LogP contribution in [0.15, 0.2) is 211 Å². The average Bonchev–Trinajstić information content (AvgIpc) is 4.47. The van der Waals surface area contributed by atoms with E-state index in [9.17, 15) is 5.26 Å². The minimum absolute atomic E-state index is 0.523. The van der Waals surface area contributed by atoms with Crippen molar-refractivity contribution in [3.63, 3.8) is 0 Å². The molecule has 0 atom stereocenters. The summed E-state index contributed by atoms with van der Waals surface area (Å²) < 4.78 is 16.6. The Labute approximate surface area is 441 Å². The Hall–Kier alpha value is -10.2. The Balaban J connectivity index is 1.31. The minimum atomic E-state index is 0.523. The number of hydrogen-bond donors (Lipinski definition) is 0. The summed E-state index contributed by atoms with van der Waals surface area (Å²) in [6, 6.07) is 73.4. The number of benzene rings is 10. The predicted octanol–water partition coefficient (Wildman–Crippen LogP) is 18.1. The first kappa shape index (κ1) is 43.3. The number of furan rings is 1. The molecule has 77 heavy (non-hydrogen) atoms. The Morgan fingerprint density at radius 2 is 0.740 bits per heavy atom. The lowest BCUT2D eigenvalue weighted by molar-refractivity contribution is 0.668. The van der Waals surface area contributed by atoms with Gasteiger partial charge in [0.1, 0.15) is 22.8 Å². The van der Waals surface area contributed by atoms with Gasteiger partial charge in [-0.05, 0) is 116 Å². The zero-order valence-electron chi connectivity index (χ0n) is 42.7. The van der Waals surface area contributed by atoms with Gasteiger partial charge in [0, 0.05) is 71.8 Å². The van der Waals surface area contributed by atoms with Crippen LogP contribution in [0.1, 0.15) is 27.8 Å². The molecule has 16 rings (SSSR count). The maximum Gasteiger partial charge on any atom is 0.138 e. The van der Waals surface area contributed by atoms with Gasteiger partial charge in [-0.2, -0.15) is 5.26 Å². The van der Waals surface area contributed by atoms with Crippen molar-refractivity contribution >= 4 is 109 Å². The highest BCUT2D eigenvalue weighted by Crippen LogP contribution is 2.53. The van der Waals surface area contributed by atoms with Crippen molar-refractivity contribution in [3.05, 3.63) is 234 Å². The van der Waals surface area contributed by atoms with Crippen molar-refractivity contribution in [2.24, 2.45) is 0 Å². The van der Waals surface area contributed by atoms with Crippen LogP contribution in [0.2, 0.25) is 0 Å². The van der Waals surface area contributed by atoms with Crippen molar-refractivity contribution < 1.29 is 4.42 Å². The van der Waals surface area contributed by atoms with E-state index in [1.54, 1.807) is 6.20 Å². The summed E-state index contributed by atoms with van der Waals surface area (Å²) in [6.07, 6.45) is 3.74. The molecular weight excluding hydrogens is 941 g/mol. The number of pyridine rings is 1. The Morgan fingerprint density at radius 3 is 1.14 bits per heavy atom. The van der Waals surface area contributed by atoms with E-state index >= 15 is 0 Å². The van der Waals surface area contributed by atoms with Crippen molar-refractivity contribution in [2.45, 2.75) is 27.7 Å². The van der Waals surface area contributed by atoms with Gasteiger partial charge in [-0.1, -0.05) is 133 Å². The first-order valence-corrected chi connectivity index (χ1v) is 26.2. The second-order valence-corrected chi connectivity index (χ2v) is 20.9. The molecule has 0 saturated carbocycles. The van der Waals surface area contributed by atoms with E-state index in [4.69, 9.17) is 9.40 Å². The molecule has 16 aromatic rings. The summed E-state index contributed by atoms with van der Waals surface area (Å²) in [5.41, 5.74) is 19.7. The van der Waals surface area contributed by atoms with Gasteiger partial charge >= 0.3 is 0 Å². The molecule has 0 aliphatic carbocycles. The highest BCUT2D eigenvalue weighted by molar-refractivity contribution is 6.20. The number of hydrogen-bond acceptors (Lipinski definition) is 3. The van der Waals surface area contributed by atoms with E-state index in [1.165, 1.54) is 0 Å². The standard InChI is InChI=1S/C70H46N6O/c1-40-24-28-48-44-14-5-9-19-55(44)73(59(48)34-40)67-53(38-71)68(74-56-20-10-6-15-45(56)49-29-25-41(2)35-60(49)74)70(76-58-22-12-8-17-47(58)51-31-27-43(4)37-62(51)76)66(52-18-13-23-64-65(52)54-39-72-33-32-63(54)77-64)69(67)75-57-21-11-7-16-46(57)50-30-26-42(3)36-61(50)75/h5-37,39H,1-4H3. The monoisotopic (exact) mass is 986 g/mol. The number of nitrogens with zero attached hydrogens (tertiary/aromatic N) is 6. The molecule has 0 amide bonds. The van der Waals surface area contributed by atoms with Crippen molar-refractivity contribution in [1.82, 2.24) is 23.3 Å². The van der Waals surface area contributed by atoms with Crippen molar-refractivity contribution in [1.29, 1.82) is 5.26 Å². The van der Waals surface area contributed by atoms with Crippen LogP contribution in [0.5, 0.6) is 0 Å². The average molecular weight is 987 g/mol. The molecule has 0 radical (unpaired) electrons. The molecule has 0 bridgehead atoms. The van der Waals surface area contributed by atoms with Gasteiger partial charge in [-0.25, -0.2) is 0 Å². The van der Waals surface area contributed by atoms with E-state index in [1.807, 2.05) is 12.3 Å². The fourth-order valence-corrected chi connectivity index (χ4v) is 13.1. The Kier molecular flexibility index (Phi) is 8.95. The van der Waals surface area contributed by atoms with Crippen LogP contribution in [0.4, 0.5) is 0 Å². The predicted molar refractivity (Wildman–Crippen MR) is 318 cm³/mol. The van der Waals surface area contributed by atoms with E-state index in [0.717, 1.165) is 165 Å². The molecule has 0 spiro atoms. The molecule has 6 aromatic heterocycles. The number of para-hydroxylation sites is 4. The molecule has 7 heteroatoms. The molecule has 6 heterocycles. The molecule has 0 fully saturated rings. The fraction of sp³-hybridized carbons (Fsp3) is 0.0571. The van der Waals surface area contributed by atoms with Crippen molar-refractivity contribution in [3.8, 4) is 39.9 Å². The number of fused-ring (bicyclic) bond motifs is 15. The lowest BCUT2D eigenvalue weighted by Crippen LogP contribution is -2.16. The molecule has 0 N–H and O–H groups in total. The Morgan fingerprint density at radius 1 is 0.364 bits per heavy atom. The molecule has 362 valence electrons. The van der Waals surface area contributed by atoms with Crippen LogP contribution in [-0.4, -0.2) is 23.3 Å². The van der Waals surface area contributed by atoms with Crippen LogP contribution in [0.3, 0.4) is 0 Å². The van der Waals surface area contributed by atoms with Gasteiger partial charge in [0.15, 0.2) is 0 Å². The molecule has 0 unspecified atom stereocenters. The number of rotatable bonds is 5. The number of nitriles is 1. The molecule has 0 aliphatic rings. The van der Waals surface area contributed by atoms with Gasteiger partial charge in [0.05, 0.1) is 66.9 Å². The van der Waals surface area contributed by atoms with Gasteiger partial charge in [-0.3, -0.25) is 4.98 Å². The number of aryl methyl sites for hydroxylation is 4. The zero-order valence-corrected chi connectivity index (χ0v) is 42.7. The van der Waals surface area contributed by atoms with Crippen LogP contribution in [0, 0.1) is 39.0 Å². The van der Waals surface area contributed by atoms with Crippen LogP contribution in [0.25, 0.3) is 143 Å². The topological polar surface area (TPSA) is 69.5 Å². The summed E-state index contributed by atoms with van der Waals surface area (Å²) in [6.45, 7) is 8.66. The molecule has 0 aliphatic heterocycles. The maximum atomic E-state index is 13.0. The minimum Gasteiger partial charge on any atom is -0.456 e. The highest BCUT2D eigenvalue weighted by atomic mass is 16.3. The van der Waals surface area contributed by atoms with Gasteiger partial charge in [-0.15, -0.1) is 0 Å². The van der Waals surface area contributed by atoms with Gasteiger partial charge in [0.2, 0.25) is 0 Å². The smallest absolute Gasteiger partial charge is 0.138 e. The summed E-state index contributed by atoms with van der Waals surface area (Å²) in [4.78, 5) is 4.77. The molecular formula is C70H46N6O. The summed E-state index contributed by atoms with van der Waals surface area (Å²) >= 11 is 0. The fourth-order valence-electron chi connectivity index (χ4n) is 13.1. The van der Waals surface area contributed by atoms with Gasteiger partial charge in [0.25, 0.3) is 0 Å². The van der Waals surface area contributed by atoms with E-state index in [-0.39, 0.29) is 0 Å². The quantitative estimate of drug-likeness (QED) is 0.172. The SMILES string of the molecule is Cc1ccc2c3ccccc3n(-c3c(C#N)c(-n4c5ccccc5c5ccc(C)cc54)c(-n4c5ccccc5c5ccc(C)cc54)c(-c4cccc5oc6ccncc6c45)c3-n3c4ccccc4c4ccc(C)cc43)c2c1. The lowest BCUT2D eigenvalue weighted by atomic mass is 9.91. The summed E-state index contributed by atoms with van der Waals surface area (Å²) in [7, 11) is 0. The van der Waals surface area contributed by atoms with Crippen LogP contribution in [-0.2, 0) is 0 Å². The molecule has 0 saturated heterocycles. The first-order valence-electron chi connectivity index (χ1n) is 26.2. The molecule has 10 aromatic carbocycles. The highest BCUT2D eigenvalue weighted by Gasteiger charge is 2.36. The second-order valence-electron chi connectivity index (χ2n) is 20.9. The lowest BCUT2D eigenvalue weighted by Gasteiger charge is -2.29. The van der Waals surface area contributed by atoms with Gasteiger partial charge < -0.3 is 22.7 Å². The molecule has 7 nitrogen and oxygen atoms in total. The number of aromatic nitrogens is 5. The van der Waals surface area contributed by atoms with E-state index in [0.29, 0.717) is 5.56 Å².